The normalized spacial score (nSPS) is 11.7. The molecule has 2 aromatic heterocycles. The van der Waals surface area contributed by atoms with Gasteiger partial charge >= 0.3 is 0 Å². The van der Waals surface area contributed by atoms with Crippen LogP contribution in [0.1, 0.15) is 216 Å². The van der Waals surface area contributed by atoms with Crippen LogP contribution in [0.4, 0.5) is 56.9 Å². The van der Waals surface area contributed by atoms with E-state index in [1.165, 1.54) is 45.3 Å². The van der Waals surface area contributed by atoms with Gasteiger partial charge in [-0.05, 0) is 215 Å². The number of hydrogen-bond donors (Lipinski definition) is 9. The van der Waals surface area contributed by atoms with E-state index in [4.69, 9.17) is 40.1 Å². The largest absolute Gasteiger partial charge is 0.399 e. The highest BCUT2D eigenvalue weighted by molar-refractivity contribution is 9.11. The smallest absolute Gasteiger partial charge is 0.275 e. The molecule has 16 N–H and O–H groups in total. The van der Waals surface area contributed by atoms with Crippen molar-refractivity contribution in [2.24, 2.45) is 0 Å². The van der Waals surface area contributed by atoms with Gasteiger partial charge in [-0.3, -0.25) is 30.3 Å². The molecule has 0 bridgehead atoms. The fourth-order valence-electron chi connectivity index (χ4n) is 10.6. The van der Waals surface area contributed by atoms with Gasteiger partial charge in [0.05, 0.1) is 31.7 Å². The van der Waals surface area contributed by atoms with Crippen molar-refractivity contribution in [1.29, 1.82) is 0 Å². The molecule has 0 unspecified atom stereocenters. The van der Waals surface area contributed by atoms with Crippen molar-refractivity contribution in [2.75, 3.05) is 40.1 Å². The molecule has 10 aromatic rings. The van der Waals surface area contributed by atoms with E-state index in [1.807, 2.05) is 123 Å². The summed E-state index contributed by atoms with van der Waals surface area (Å²) in [5.41, 5.74) is 59.8. The lowest BCUT2D eigenvalue weighted by atomic mass is 9.84. The number of halogens is 3. The summed E-state index contributed by atoms with van der Waals surface area (Å²) >= 11 is 10.1. The molecule has 0 amide bonds. The molecule has 0 saturated heterocycles. The summed E-state index contributed by atoms with van der Waals surface area (Å²) in [6.45, 7) is 56.8. The topological polar surface area (TPSA) is 343 Å². The van der Waals surface area contributed by atoms with Crippen molar-refractivity contribution in [3.05, 3.63) is 252 Å². The molecule has 0 atom stereocenters. The predicted molar refractivity (Wildman–Crippen MR) is 489 cm³/mol. The summed E-state index contributed by atoms with van der Waals surface area (Å²) in [6.07, 6.45) is 3.73. The standard InChI is InChI=1S/C15H22N2O2Si.C12H14N2O2.C12H16N2.C10H13BrN2O2.2C10H14BrN.2C10H15N/c1-15(2,3)12-9-11(7-8-20(4,5)6)13(16)10-14(12)17(18)19;1-12(2,3)9-6-8-4-5-13-10(8)7-11(9)14(15)16;1-12(2,3)9-6-8-4-5-14-11(8)7-10(9)13;1-10(2,3)6-4-7(11)8(12)5-9(6)13(14)15;2*1-10(2,3)7-4-5-9(12)8(11)6-7;2*1-10(2,3)8-4-6-9(11)7-5-8/h9-10H,16H2,1-6H3;4-7,13H,1-3H3;4-7,14H,13H2,1-3H3;4-5H,12H2,1-3H3;2*4-6H,12H2,1-3H3;2*4-7H,11H2,1-3H3. The van der Waals surface area contributed by atoms with Gasteiger partial charge in [0.2, 0.25) is 0 Å². The number of benzene rings is 8. The highest BCUT2D eigenvalue weighted by atomic mass is 79.9. The van der Waals surface area contributed by atoms with Gasteiger partial charge in [-0.15, -0.1) is 5.54 Å². The van der Waals surface area contributed by atoms with Crippen LogP contribution in [-0.4, -0.2) is 32.8 Å². The number of H-pyrrole nitrogens is 2. The van der Waals surface area contributed by atoms with E-state index in [1.54, 1.807) is 24.4 Å². The number of aromatic amines is 2. The van der Waals surface area contributed by atoms with Crippen LogP contribution in [0.5, 0.6) is 0 Å². The van der Waals surface area contributed by atoms with Crippen molar-refractivity contribution in [2.45, 2.75) is 229 Å². The third kappa shape index (κ3) is 30.8. The van der Waals surface area contributed by atoms with Gasteiger partial charge < -0.3 is 50.1 Å². The molecule has 111 heavy (non-hydrogen) atoms. The van der Waals surface area contributed by atoms with Crippen molar-refractivity contribution in [3.8, 4) is 11.5 Å². The van der Waals surface area contributed by atoms with Gasteiger partial charge in [-0.2, -0.15) is 0 Å². The number of nitrogens with one attached hydrogen (secondary N) is 2. The Morgan fingerprint density at radius 2 is 0.622 bits per heavy atom. The average Bonchev–Trinajstić information content (AvgIpc) is 1.79. The minimum atomic E-state index is -1.51. The Hall–Kier alpha value is -9.14. The van der Waals surface area contributed by atoms with Crippen LogP contribution >= 0.6 is 47.8 Å². The number of anilines is 7. The Morgan fingerprint density at radius 1 is 0.324 bits per heavy atom. The third-order valence-corrected chi connectivity index (χ3v) is 20.3. The highest BCUT2D eigenvalue weighted by Crippen LogP contribution is 2.40. The van der Waals surface area contributed by atoms with Crippen LogP contribution in [0, 0.1) is 41.8 Å². The van der Waals surface area contributed by atoms with Gasteiger partial charge in [0.25, 0.3) is 17.1 Å². The molecular weight excluding hydrogens is 1600 g/mol. The SMILES string of the molecule is CC(C)(C)c1cc(Br)c(N)cc1[N+](=O)[O-].CC(C)(C)c1cc(C#C[Si](C)(C)C)c(N)cc1[N+](=O)[O-].CC(C)(C)c1cc2cc[nH]c2cc1N.CC(C)(C)c1cc2cc[nH]c2cc1[N+](=O)[O-].CC(C)(C)c1ccc(N)c(Br)c1.CC(C)(C)c1ccc(N)c(Br)c1.CC(C)(C)c1ccc(N)cc1.CC(C)(C)c1ccc(N)cc1. The summed E-state index contributed by atoms with van der Waals surface area (Å²) in [5, 5.41) is 35.3. The summed E-state index contributed by atoms with van der Waals surface area (Å²) in [4.78, 5) is 38.1. The zero-order valence-corrected chi connectivity index (χ0v) is 76.2. The molecular formula is C89H123Br3N12O6Si. The van der Waals surface area contributed by atoms with E-state index in [9.17, 15) is 30.3 Å². The van der Waals surface area contributed by atoms with Crippen LogP contribution in [0.3, 0.4) is 0 Å². The van der Waals surface area contributed by atoms with E-state index >= 15 is 0 Å². The van der Waals surface area contributed by atoms with E-state index in [-0.39, 0.29) is 70.2 Å². The first kappa shape index (κ1) is 96.1. The molecule has 0 fully saturated rings. The average molecular weight is 1720 g/mol. The molecule has 0 aliphatic heterocycles. The Bertz CT molecular complexity index is 4760. The predicted octanol–water partition coefficient (Wildman–Crippen LogP) is 25.2. The quantitative estimate of drug-likeness (QED) is 0.0261. The number of nitrogen functional groups attached to an aromatic ring is 7. The molecule has 10 rings (SSSR count). The monoisotopic (exact) mass is 1720 g/mol. The molecule has 0 radical (unpaired) electrons. The Labute approximate surface area is 686 Å². The lowest BCUT2D eigenvalue weighted by molar-refractivity contribution is -0.386. The first-order chi connectivity index (χ1) is 50.3. The highest BCUT2D eigenvalue weighted by Gasteiger charge is 2.29. The zero-order valence-electron chi connectivity index (χ0n) is 70.5. The maximum atomic E-state index is 11.2. The molecule has 0 aliphatic rings. The van der Waals surface area contributed by atoms with Crippen LogP contribution in [0.25, 0.3) is 21.8 Å². The fourth-order valence-corrected chi connectivity index (χ4v) is 12.2. The summed E-state index contributed by atoms with van der Waals surface area (Å²) in [6, 6.07) is 46.2. The zero-order chi connectivity index (χ0) is 85.5. The molecule has 0 aliphatic carbocycles. The number of hydrogen-bond acceptors (Lipinski definition) is 13. The van der Waals surface area contributed by atoms with Gasteiger partial charge in [0.15, 0.2) is 0 Å². The van der Waals surface area contributed by atoms with Crippen molar-refractivity contribution in [3.63, 3.8) is 0 Å². The van der Waals surface area contributed by atoms with E-state index in [0.29, 0.717) is 32.5 Å². The summed E-state index contributed by atoms with van der Waals surface area (Å²) in [5.74, 6) is 3.10. The molecule has 0 spiro atoms. The van der Waals surface area contributed by atoms with Gasteiger partial charge in [0, 0.05) is 106 Å². The van der Waals surface area contributed by atoms with Crippen LogP contribution < -0.4 is 40.1 Å². The van der Waals surface area contributed by atoms with Crippen LogP contribution in [0.2, 0.25) is 19.6 Å². The molecule has 600 valence electrons. The molecule has 2 heterocycles. The second-order valence-corrected chi connectivity index (χ2v) is 44.1. The maximum absolute atomic E-state index is 11.2. The van der Waals surface area contributed by atoms with Gasteiger partial charge in [-0.1, -0.05) is 228 Å². The molecule has 18 nitrogen and oxygen atoms in total. The van der Waals surface area contributed by atoms with E-state index in [2.05, 4.69) is 253 Å². The Balaban J connectivity index is 0.000000331. The minimum Gasteiger partial charge on any atom is -0.399 e. The second-order valence-electron chi connectivity index (χ2n) is 36.8. The summed E-state index contributed by atoms with van der Waals surface area (Å²) in [7, 11) is -1.51. The fraction of sp³-hybridized carbons (Fsp3) is 0.393. The van der Waals surface area contributed by atoms with E-state index in [0.717, 1.165) is 59.4 Å². The number of aromatic nitrogens is 2. The molecule has 0 saturated carbocycles. The first-order valence-corrected chi connectivity index (χ1v) is 42.5. The maximum Gasteiger partial charge on any atom is 0.275 e. The van der Waals surface area contributed by atoms with Crippen molar-refractivity contribution < 1.29 is 14.8 Å². The van der Waals surface area contributed by atoms with Gasteiger partial charge in [0.1, 0.15) is 8.07 Å². The number of nitrogens with zero attached hydrogens (tertiary/aromatic N) is 3. The second kappa shape index (κ2) is 38.4. The van der Waals surface area contributed by atoms with Crippen molar-refractivity contribution >= 4 is 135 Å². The van der Waals surface area contributed by atoms with Crippen LogP contribution in [0.15, 0.2) is 171 Å². The molecule has 22 heteroatoms. The lowest BCUT2D eigenvalue weighted by Crippen LogP contribution is -2.17. The van der Waals surface area contributed by atoms with E-state index < -0.39 is 13.0 Å². The van der Waals surface area contributed by atoms with Gasteiger partial charge in [-0.25, -0.2) is 0 Å². The Morgan fingerprint density at radius 3 is 0.946 bits per heavy atom. The number of fused-ring (bicyclic) bond motifs is 2. The number of nitro benzene ring substituents is 3. The first-order valence-electron chi connectivity index (χ1n) is 36.7. The third-order valence-electron chi connectivity index (χ3n) is 17.4. The Kier molecular flexibility index (Phi) is 33.2. The van der Waals surface area contributed by atoms with Crippen LogP contribution in [-0.2, 0) is 43.3 Å². The minimum absolute atomic E-state index is 0.0635. The molecule has 8 aromatic carbocycles. The lowest BCUT2D eigenvalue weighted by Gasteiger charge is -2.21. The number of nitro groups is 3. The van der Waals surface area contributed by atoms with Crippen molar-refractivity contribution in [1.82, 2.24) is 9.97 Å². The number of rotatable bonds is 3. The number of nitrogens with two attached hydrogens (primary N) is 7. The summed E-state index contributed by atoms with van der Waals surface area (Å²) < 4.78 is 2.66.